The molecule has 3 nitrogen and oxygen atoms in total. The van der Waals surface area contributed by atoms with Gasteiger partial charge in [0.1, 0.15) is 0 Å². The number of hydrogen-bond donors (Lipinski definition) is 1. The van der Waals surface area contributed by atoms with Gasteiger partial charge in [-0.3, -0.25) is 4.79 Å². The highest BCUT2D eigenvalue weighted by Crippen LogP contribution is 2.29. The van der Waals surface area contributed by atoms with E-state index in [4.69, 9.17) is 0 Å². The number of carbonyl (C=O) groups excluding carboxylic acids is 1. The lowest BCUT2D eigenvalue weighted by Crippen LogP contribution is -2.38. The summed E-state index contributed by atoms with van der Waals surface area (Å²) in [7, 11) is 0. The molecule has 7 heteroatoms. The van der Waals surface area contributed by atoms with Crippen molar-refractivity contribution in [2.24, 2.45) is 5.92 Å². The number of hydrogen-bond acceptors (Lipinski definition) is 2. The summed E-state index contributed by atoms with van der Waals surface area (Å²) < 4.78 is 37.6. The number of nitrogens with zero attached hydrogens (tertiary/aromatic N) is 1. The molecular weight excluding hydrogens is 329 g/mol. The van der Waals surface area contributed by atoms with Crippen LogP contribution in [0.15, 0.2) is 24.3 Å². The normalized spacial score (nSPS) is 17.1. The van der Waals surface area contributed by atoms with Crippen molar-refractivity contribution >= 4 is 18.3 Å². The van der Waals surface area contributed by atoms with Gasteiger partial charge in [-0.2, -0.15) is 13.2 Å². The minimum atomic E-state index is -4.32. The molecular formula is C16H22ClF3N2O. The predicted octanol–water partition coefficient (Wildman–Crippen LogP) is 3.13. The third-order valence-electron chi connectivity index (χ3n) is 3.90. The number of amides is 1. The van der Waals surface area contributed by atoms with Gasteiger partial charge in [-0.1, -0.05) is 19.1 Å². The molecule has 1 amide bonds. The van der Waals surface area contributed by atoms with Crippen LogP contribution in [0.5, 0.6) is 0 Å². The Labute approximate surface area is 140 Å². The zero-order valence-corrected chi connectivity index (χ0v) is 13.8. The lowest BCUT2D eigenvalue weighted by atomic mass is 9.98. The average molecular weight is 351 g/mol. The van der Waals surface area contributed by atoms with E-state index in [1.165, 1.54) is 12.1 Å². The van der Waals surface area contributed by atoms with E-state index >= 15 is 0 Å². The Balaban J connectivity index is 0.00000264. The highest BCUT2D eigenvalue weighted by atomic mass is 35.5. The van der Waals surface area contributed by atoms with Gasteiger partial charge in [-0.25, -0.2) is 0 Å². The highest BCUT2D eigenvalue weighted by Gasteiger charge is 2.30. The maximum Gasteiger partial charge on any atom is 0.416 e. The van der Waals surface area contributed by atoms with Crippen LogP contribution in [-0.4, -0.2) is 37.0 Å². The number of rotatable bonds is 3. The molecule has 1 atom stereocenters. The van der Waals surface area contributed by atoms with E-state index in [9.17, 15) is 18.0 Å². The quantitative estimate of drug-likeness (QED) is 0.908. The largest absolute Gasteiger partial charge is 0.416 e. The van der Waals surface area contributed by atoms with Crippen LogP contribution in [0.2, 0.25) is 0 Å². The smallest absolute Gasteiger partial charge is 0.341 e. The first-order chi connectivity index (χ1) is 10.4. The molecule has 1 aromatic carbocycles. The van der Waals surface area contributed by atoms with Crippen LogP contribution in [0.4, 0.5) is 13.2 Å². The van der Waals surface area contributed by atoms with Gasteiger partial charge in [-0.15, -0.1) is 12.4 Å². The summed E-state index contributed by atoms with van der Waals surface area (Å²) in [5, 5.41) is 3.24. The van der Waals surface area contributed by atoms with Crippen molar-refractivity contribution in [1.82, 2.24) is 10.2 Å². The number of nitrogens with one attached hydrogen (secondary N) is 1. The van der Waals surface area contributed by atoms with Gasteiger partial charge >= 0.3 is 6.18 Å². The van der Waals surface area contributed by atoms with Gasteiger partial charge in [0.15, 0.2) is 0 Å². The van der Waals surface area contributed by atoms with Crippen LogP contribution in [0.3, 0.4) is 0 Å². The molecule has 1 aliphatic rings. The molecule has 2 rings (SSSR count). The second-order valence-corrected chi connectivity index (χ2v) is 5.73. The molecule has 1 heterocycles. The van der Waals surface area contributed by atoms with Crippen molar-refractivity contribution < 1.29 is 18.0 Å². The van der Waals surface area contributed by atoms with Crippen molar-refractivity contribution in [3.8, 4) is 0 Å². The summed E-state index contributed by atoms with van der Waals surface area (Å²) >= 11 is 0. The summed E-state index contributed by atoms with van der Waals surface area (Å²) in [5.41, 5.74) is 0.0932. The van der Waals surface area contributed by atoms with Crippen LogP contribution < -0.4 is 5.32 Å². The summed E-state index contributed by atoms with van der Waals surface area (Å²) in [6.45, 7) is 4.97. The predicted molar refractivity (Wildman–Crippen MR) is 85.6 cm³/mol. The minimum Gasteiger partial charge on any atom is -0.341 e. The zero-order chi connectivity index (χ0) is 16.2. The molecule has 0 saturated carbocycles. The SMILES string of the molecule is CC(Cc1ccc(C(F)(F)F)cc1)C(=O)N1CCCNCC1.Cl. The zero-order valence-electron chi connectivity index (χ0n) is 13.0. The van der Waals surface area contributed by atoms with E-state index in [0.29, 0.717) is 13.0 Å². The fourth-order valence-electron chi connectivity index (χ4n) is 2.65. The van der Waals surface area contributed by atoms with Gasteiger partial charge in [0.05, 0.1) is 5.56 Å². The molecule has 1 unspecified atom stereocenters. The second-order valence-electron chi connectivity index (χ2n) is 5.73. The van der Waals surface area contributed by atoms with Gasteiger partial charge < -0.3 is 10.2 Å². The number of alkyl halides is 3. The number of carbonyl (C=O) groups is 1. The Morgan fingerprint density at radius 1 is 1.22 bits per heavy atom. The standard InChI is InChI=1S/C16H21F3N2O.ClH/c1-12(15(22)21-9-2-7-20-8-10-21)11-13-3-5-14(6-4-13)16(17,18)19;/h3-6,12,20H,2,7-11H2,1H3;1H. The molecule has 1 aromatic rings. The molecule has 0 spiro atoms. The van der Waals surface area contributed by atoms with Gasteiger partial charge in [0.2, 0.25) is 5.91 Å². The lowest BCUT2D eigenvalue weighted by molar-refractivity contribution is -0.137. The van der Waals surface area contributed by atoms with E-state index < -0.39 is 11.7 Å². The van der Waals surface area contributed by atoms with Crippen molar-refractivity contribution in [2.75, 3.05) is 26.2 Å². The average Bonchev–Trinajstić information content (AvgIpc) is 2.75. The third kappa shape index (κ3) is 5.70. The Bertz CT molecular complexity index is 497. The van der Waals surface area contributed by atoms with E-state index in [1.807, 2.05) is 11.8 Å². The van der Waals surface area contributed by atoms with Gasteiger partial charge in [0.25, 0.3) is 0 Å². The molecule has 0 bridgehead atoms. The summed E-state index contributed by atoms with van der Waals surface area (Å²) in [5.74, 6) is -0.154. The van der Waals surface area contributed by atoms with E-state index in [2.05, 4.69) is 5.32 Å². The van der Waals surface area contributed by atoms with Gasteiger partial charge in [0, 0.05) is 25.6 Å². The highest BCUT2D eigenvalue weighted by molar-refractivity contribution is 5.85. The summed E-state index contributed by atoms with van der Waals surface area (Å²) in [6.07, 6.45) is -2.93. The first-order valence-electron chi connectivity index (χ1n) is 7.53. The van der Waals surface area contributed by atoms with Gasteiger partial charge in [-0.05, 0) is 37.1 Å². The Hall–Kier alpha value is -1.27. The van der Waals surface area contributed by atoms with E-state index in [-0.39, 0.29) is 24.2 Å². The number of benzene rings is 1. The van der Waals surface area contributed by atoms with Crippen molar-refractivity contribution in [1.29, 1.82) is 0 Å². The Morgan fingerprint density at radius 2 is 1.87 bits per heavy atom. The Morgan fingerprint density at radius 3 is 2.48 bits per heavy atom. The third-order valence-corrected chi connectivity index (χ3v) is 3.90. The molecule has 1 aliphatic heterocycles. The van der Waals surface area contributed by atoms with E-state index in [0.717, 1.165) is 43.8 Å². The van der Waals surface area contributed by atoms with Crippen molar-refractivity contribution in [3.63, 3.8) is 0 Å². The summed E-state index contributed by atoms with van der Waals surface area (Å²) in [6, 6.07) is 5.05. The molecule has 23 heavy (non-hydrogen) atoms. The first-order valence-corrected chi connectivity index (χ1v) is 7.53. The minimum absolute atomic E-state index is 0. The molecule has 130 valence electrons. The maximum atomic E-state index is 12.5. The fraction of sp³-hybridized carbons (Fsp3) is 0.562. The molecule has 0 radical (unpaired) electrons. The van der Waals surface area contributed by atoms with Crippen LogP contribution in [0.25, 0.3) is 0 Å². The fourth-order valence-corrected chi connectivity index (χ4v) is 2.65. The molecule has 0 aromatic heterocycles. The van der Waals surface area contributed by atoms with Crippen LogP contribution >= 0.6 is 12.4 Å². The first kappa shape index (κ1) is 19.8. The molecule has 1 N–H and O–H groups in total. The van der Waals surface area contributed by atoms with Crippen molar-refractivity contribution in [2.45, 2.75) is 25.9 Å². The van der Waals surface area contributed by atoms with Crippen LogP contribution in [-0.2, 0) is 17.4 Å². The van der Waals surface area contributed by atoms with E-state index in [1.54, 1.807) is 0 Å². The van der Waals surface area contributed by atoms with Crippen LogP contribution in [0, 0.1) is 5.92 Å². The number of halogens is 4. The topological polar surface area (TPSA) is 32.3 Å². The lowest BCUT2D eigenvalue weighted by Gasteiger charge is -2.24. The monoisotopic (exact) mass is 350 g/mol. The molecule has 1 fully saturated rings. The summed E-state index contributed by atoms with van der Waals surface area (Å²) in [4.78, 5) is 14.2. The van der Waals surface area contributed by atoms with Crippen molar-refractivity contribution in [3.05, 3.63) is 35.4 Å². The molecule has 0 aliphatic carbocycles. The van der Waals surface area contributed by atoms with Crippen LogP contribution in [0.1, 0.15) is 24.5 Å². The maximum absolute atomic E-state index is 12.5. The Kier molecular flexibility index (Phi) is 7.35. The second kappa shape index (κ2) is 8.55. The molecule has 1 saturated heterocycles.